The molecule has 21 heavy (non-hydrogen) atoms. The second-order valence-electron chi connectivity index (χ2n) is 5.02. The Morgan fingerprint density at radius 1 is 0.905 bits per heavy atom. The van der Waals surface area contributed by atoms with Crippen LogP contribution in [0.1, 0.15) is 11.1 Å². The van der Waals surface area contributed by atoms with Gasteiger partial charge in [-0.2, -0.15) is 0 Å². The van der Waals surface area contributed by atoms with E-state index in [9.17, 15) is 19.0 Å². The average molecular weight is 313 g/mol. The molecule has 0 unspecified atom stereocenters. The SMILES string of the molecule is OCC(CO)(Cc1cc(F)ccc1Cl)c1ccc(F)cc1. The summed E-state index contributed by atoms with van der Waals surface area (Å²) in [5.41, 5.74) is -0.0104. The summed E-state index contributed by atoms with van der Waals surface area (Å²) in [5.74, 6) is -0.856. The van der Waals surface area contributed by atoms with Crippen LogP contribution in [0.5, 0.6) is 0 Å². The Morgan fingerprint density at radius 2 is 1.48 bits per heavy atom. The van der Waals surface area contributed by atoms with E-state index in [4.69, 9.17) is 11.6 Å². The first kappa shape index (κ1) is 15.9. The highest BCUT2D eigenvalue weighted by Crippen LogP contribution is 2.31. The minimum atomic E-state index is -1.05. The lowest BCUT2D eigenvalue weighted by Gasteiger charge is -2.31. The highest BCUT2D eigenvalue weighted by Gasteiger charge is 2.32. The van der Waals surface area contributed by atoms with Gasteiger partial charge in [0.15, 0.2) is 0 Å². The molecule has 0 saturated heterocycles. The Hall–Kier alpha value is -1.49. The highest BCUT2D eigenvalue weighted by atomic mass is 35.5. The Kier molecular flexibility index (Phi) is 4.93. The topological polar surface area (TPSA) is 40.5 Å². The van der Waals surface area contributed by atoms with Crippen molar-refractivity contribution in [2.75, 3.05) is 13.2 Å². The van der Waals surface area contributed by atoms with Crippen LogP contribution >= 0.6 is 11.6 Å². The lowest BCUT2D eigenvalue weighted by molar-refractivity contribution is 0.116. The fraction of sp³-hybridized carbons (Fsp3) is 0.250. The molecule has 2 N–H and O–H groups in total. The minimum absolute atomic E-state index is 0.141. The van der Waals surface area contributed by atoms with Crippen LogP contribution in [0.15, 0.2) is 42.5 Å². The molecule has 2 nitrogen and oxygen atoms in total. The summed E-state index contributed by atoms with van der Waals surface area (Å²) in [5, 5.41) is 19.8. The van der Waals surface area contributed by atoms with E-state index in [1.165, 1.54) is 42.5 Å². The summed E-state index contributed by atoms with van der Waals surface area (Å²) >= 11 is 6.04. The molecule has 2 rings (SSSR count). The molecule has 0 atom stereocenters. The highest BCUT2D eigenvalue weighted by molar-refractivity contribution is 6.31. The van der Waals surface area contributed by atoms with Gasteiger partial charge in [-0.25, -0.2) is 8.78 Å². The van der Waals surface area contributed by atoms with Crippen LogP contribution in [0, 0.1) is 11.6 Å². The molecule has 0 fully saturated rings. The number of rotatable bonds is 5. The second kappa shape index (κ2) is 6.52. The van der Waals surface area contributed by atoms with Gasteiger partial charge >= 0.3 is 0 Å². The van der Waals surface area contributed by atoms with Gasteiger partial charge in [0, 0.05) is 10.4 Å². The van der Waals surface area contributed by atoms with Crippen molar-refractivity contribution in [2.45, 2.75) is 11.8 Å². The fourth-order valence-electron chi connectivity index (χ4n) is 2.29. The first-order valence-electron chi connectivity index (χ1n) is 6.42. The van der Waals surface area contributed by atoms with Crippen molar-refractivity contribution in [3.63, 3.8) is 0 Å². The number of benzene rings is 2. The predicted molar refractivity (Wildman–Crippen MR) is 77.4 cm³/mol. The van der Waals surface area contributed by atoms with Crippen LogP contribution in [0.3, 0.4) is 0 Å². The van der Waals surface area contributed by atoms with Crippen molar-refractivity contribution in [3.05, 3.63) is 70.2 Å². The molecule has 0 radical (unpaired) electrons. The van der Waals surface area contributed by atoms with E-state index < -0.39 is 17.0 Å². The number of aliphatic hydroxyl groups excluding tert-OH is 2. The molecular formula is C16H15ClF2O2. The molecule has 0 saturated carbocycles. The molecule has 0 aliphatic rings. The van der Waals surface area contributed by atoms with Crippen molar-refractivity contribution < 1.29 is 19.0 Å². The molecular weight excluding hydrogens is 298 g/mol. The zero-order valence-corrected chi connectivity index (χ0v) is 11.9. The quantitative estimate of drug-likeness (QED) is 0.891. The molecule has 0 spiro atoms. The van der Waals surface area contributed by atoms with E-state index in [2.05, 4.69) is 0 Å². The van der Waals surface area contributed by atoms with Crippen LogP contribution in [0.2, 0.25) is 5.02 Å². The summed E-state index contributed by atoms with van der Waals surface area (Å²) < 4.78 is 26.4. The Balaban J connectivity index is 2.42. The summed E-state index contributed by atoms with van der Waals surface area (Å²) in [6.45, 7) is -0.746. The van der Waals surface area contributed by atoms with E-state index >= 15 is 0 Å². The summed E-state index contributed by atoms with van der Waals surface area (Å²) in [6.07, 6.45) is 0.141. The minimum Gasteiger partial charge on any atom is -0.395 e. The van der Waals surface area contributed by atoms with E-state index in [-0.39, 0.29) is 19.6 Å². The third-order valence-electron chi connectivity index (χ3n) is 3.60. The van der Waals surface area contributed by atoms with Crippen LogP contribution in [0.4, 0.5) is 8.78 Å². The zero-order chi connectivity index (χ0) is 15.5. The largest absolute Gasteiger partial charge is 0.395 e. The van der Waals surface area contributed by atoms with Gasteiger partial charge < -0.3 is 10.2 Å². The van der Waals surface area contributed by atoms with Crippen molar-refractivity contribution in [3.8, 4) is 0 Å². The third kappa shape index (κ3) is 3.40. The molecule has 0 aromatic heterocycles. The molecule has 5 heteroatoms. The first-order chi connectivity index (χ1) is 10.0. The zero-order valence-electron chi connectivity index (χ0n) is 11.2. The predicted octanol–water partition coefficient (Wildman–Crippen LogP) is 3.08. The second-order valence-corrected chi connectivity index (χ2v) is 5.42. The van der Waals surface area contributed by atoms with E-state index in [1.807, 2.05) is 0 Å². The van der Waals surface area contributed by atoms with Crippen LogP contribution in [-0.2, 0) is 11.8 Å². The third-order valence-corrected chi connectivity index (χ3v) is 3.97. The molecule has 0 heterocycles. The standard InChI is InChI=1S/C16H15ClF2O2/c17-15-6-5-14(19)7-11(15)8-16(9-20,10-21)12-1-3-13(18)4-2-12/h1-7,20-21H,8-10H2. The van der Waals surface area contributed by atoms with Crippen molar-refractivity contribution in [2.24, 2.45) is 0 Å². The van der Waals surface area contributed by atoms with Gasteiger partial charge in [-0.3, -0.25) is 0 Å². The summed E-state index contributed by atoms with van der Waals surface area (Å²) in [7, 11) is 0. The van der Waals surface area contributed by atoms with Crippen LogP contribution in [0.25, 0.3) is 0 Å². The number of halogens is 3. The summed E-state index contributed by atoms with van der Waals surface area (Å²) in [6, 6.07) is 9.43. The molecule has 0 aliphatic carbocycles. The van der Waals surface area contributed by atoms with E-state index in [0.29, 0.717) is 16.1 Å². The smallest absolute Gasteiger partial charge is 0.123 e. The van der Waals surface area contributed by atoms with E-state index in [1.54, 1.807) is 0 Å². The van der Waals surface area contributed by atoms with Gasteiger partial charge in [0.1, 0.15) is 11.6 Å². The maximum absolute atomic E-state index is 13.4. The van der Waals surface area contributed by atoms with Crippen LogP contribution < -0.4 is 0 Å². The molecule has 2 aromatic carbocycles. The normalized spacial score (nSPS) is 11.7. The molecule has 0 aliphatic heterocycles. The first-order valence-corrected chi connectivity index (χ1v) is 6.80. The Labute approximate surface area is 126 Å². The van der Waals surface area contributed by atoms with Gasteiger partial charge in [-0.05, 0) is 47.9 Å². The number of aliphatic hydroxyl groups is 2. The molecule has 0 bridgehead atoms. The maximum atomic E-state index is 13.4. The average Bonchev–Trinajstić information content (AvgIpc) is 2.49. The number of hydrogen-bond acceptors (Lipinski definition) is 2. The van der Waals surface area contributed by atoms with Gasteiger partial charge in [-0.1, -0.05) is 23.7 Å². The van der Waals surface area contributed by atoms with Crippen LogP contribution in [-0.4, -0.2) is 23.4 Å². The Morgan fingerprint density at radius 3 is 2.05 bits per heavy atom. The lowest BCUT2D eigenvalue weighted by atomic mass is 9.77. The lowest BCUT2D eigenvalue weighted by Crippen LogP contribution is -2.37. The van der Waals surface area contributed by atoms with Crippen molar-refractivity contribution in [1.29, 1.82) is 0 Å². The summed E-state index contributed by atoms with van der Waals surface area (Å²) in [4.78, 5) is 0. The molecule has 0 amide bonds. The van der Waals surface area contributed by atoms with Gasteiger partial charge in [0.2, 0.25) is 0 Å². The monoisotopic (exact) mass is 312 g/mol. The number of hydrogen-bond donors (Lipinski definition) is 2. The van der Waals surface area contributed by atoms with Gasteiger partial charge in [-0.15, -0.1) is 0 Å². The van der Waals surface area contributed by atoms with Gasteiger partial charge in [0.05, 0.1) is 13.2 Å². The van der Waals surface area contributed by atoms with Gasteiger partial charge in [0.25, 0.3) is 0 Å². The fourth-order valence-corrected chi connectivity index (χ4v) is 2.48. The Bertz CT molecular complexity index is 610. The molecule has 2 aromatic rings. The molecule has 112 valence electrons. The maximum Gasteiger partial charge on any atom is 0.123 e. The van der Waals surface area contributed by atoms with Crippen molar-refractivity contribution >= 4 is 11.6 Å². The van der Waals surface area contributed by atoms with Crippen molar-refractivity contribution in [1.82, 2.24) is 0 Å². The van der Waals surface area contributed by atoms with E-state index in [0.717, 1.165) is 0 Å².